The zero-order chi connectivity index (χ0) is 20.4. The van der Waals surface area contributed by atoms with E-state index >= 15 is 0 Å². The van der Waals surface area contributed by atoms with Gasteiger partial charge >= 0.3 is 5.69 Å². The number of Topliss-reactive ketones (excluding diaryl/α,β-unsaturated/α-hetero) is 1. The standard InChI is InChI=1S/C21H15FN4O3/c22-16-7-5-15(6-8-16)18(27)13-25-17-4-2-10-24-19(17)20(28)26(21(25)29)12-14-3-1-9-23-11-14/h1-11H,12-13H2. The minimum atomic E-state index is -0.630. The largest absolute Gasteiger partial charge is 0.332 e. The van der Waals surface area contributed by atoms with Crippen molar-refractivity contribution in [3.63, 3.8) is 0 Å². The lowest BCUT2D eigenvalue weighted by Crippen LogP contribution is -2.41. The second-order valence-electron chi connectivity index (χ2n) is 6.42. The van der Waals surface area contributed by atoms with Crippen LogP contribution in [0.15, 0.2) is 76.7 Å². The topological polar surface area (TPSA) is 86.9 Å². The third-order valence-electron chi connectivity index (χ3n) is 4.52. The average Bonchev–Trinajstić information content (AvgIpc) is 2.75. The van der Waals surface area contributed by atoms with Gasteiger partial charge in [-0.05, 0) is 48.0 Å². The molecule has 0 bridgehead atoms. The minimum Gasteiger partial charge on any atom is -0.292 e. The lowest BCUT2D eigenvalue weighted by atomic mass is 10.1. The van der Waals surface area contributed by atoms with Crippen LogP contribution >= 0.6 is 0 Å². The molecular weight excluding hydrogens is 375 g/mol. The molecule has 0 radical (unpaired) electrons. The van der Waals surface area contributed by atoms with Crippen LogP contribution in [0.2, 0.25) is 0 Å². The van der Waals surface area contributed by atoms with Crippen molar-refractivity contribution < 1.29 is 9.18 Å². The van der Waals surface area contributed by atoms with E-state index in [-0.39, 0.29) is 35.5 Å². The van der Waals surface area contributed by atoms with Gasteiger partial charge in [0, 0.05) is 24.2 Å². The molecule has 0 aliphatic rings. The Bertz CT molecular complexity index is 1310. The van der Waals surface area contributed by atoms with Gasteiger partial charge in [-0.1, -0.05) is 6.07 Å². The van der Waals surface area contributed by atoms with Gasteiger partial charge in [0.05, 0.1) is 18.6 Å². The highest BCUT2D eigenvalue weighted by Crippen LogP contribution is 2.09. The monoisotopic (exact) mass is 390 g/mol. The fourth-order valence-corrected chi connectivity index (χ4v) is 3.08. The smallest absolute Gasteiger partial charge is 0.292 e. The molecule has 144 valence electrons. The van der Waals surface area contributed by atoms with Gasteiger partial charge in [0.15, 0.2) is 11.3 Å². The molecule has 0 fully saturated rings. The summed E-state index contributed by atoms with van der Waals surface area (Å²) in [5.74, 6) is -0.845. The van der Waals surface area contributed by atoms with Crippen molar-refractivity contribution in [2.24, 2.45) is 0 Å². The van der Waals surface area contributed by atoms with Gasteiger partial charge in [-0.2, -0.15) is 0 Å². The SMILES string of the molecule is O=C(Cn1c(=O)n(Cc2cccnc2)c(=O)c2ncccc21)c1ccc(F)cc1. The van der Waals surface area contributed by atoms with Crippen molar-refractivity contribution in [1.82, 2.24) is 19.1 Å². The molecule has 4 rings (SSSR count). The van der Waals surface area contributed by atoms with Gasteiger partial charge < -0.3 is 0 Å². The van der Waals surface area contributed by atoms with Crippen molar-refractivity contribution in [3.8, 4) is 0 Å². The molecule has 1 aromatic carbocycles. The van der Waals surface area contributed by atoms with Gasteiger partial charge in [0.2, 0.25) is 0 Å². The third kappa shape index (κ3) is 3.60. The Kier molecular flexibility index (Phi) is 4.82. The van der Waals surface area contributed by atoms with Crippen LogP contribution in [0.4, 0.5) is 4.39 Å². The number of rotatable bonds is 5. The van der Waals surface area contributed by atoms with Crippen LogP contribution in [0.3, 0.4) is 0 Å². The Hall–Kier alpha value is -3.94. The van der Waals surface area contributed by atoms with Gasteiger partial charge in [-0.3, -0.25) is 23.7 Å². The van der Waals surface area contributed by atoms with Crippen LogP contribution in [0.5, 0.6) is 0 Å². The average molecular weight is 390 g/mol. The van der Waals surface area contributed by atoms with Gasteiger partial charge in [0.25, 0.3) is 5.56 Å². The Labute approximate surface area is 163 Å². The highest BCUT2D eigenvalue weighted by molar-refractivity contribution is 5.96. The molecule has 4 aromatic rings. The molecule has 3 aromatic heterocycles. The first-order chi connectivity index (χ1) is 14.0. The molecule has 29 heavy (non-hydrogen) atoms. The van der Waals surface area contributed by atoms with E-state index in [2.05, 4.69) is 9.97 Å². The van der Waals surface area contributed by atoms with Crippen LogP contribution < -0.4 is 11.2 Å². The van der Waals surface area contributed by atoms with E-state index in [9.17, 15) is 18.8 Å². The van der Waals surface area contributed by atoms with Crippen molar-refractivity contribution in [3.05, 3.63) is 105 Å². The highest BCUT2D eigenvalue weighted by atomic mass is 19.1. The highest BCUT2D eigenvalue weighted by Gasteiger charge is 2.17. The Morgan fingerprint density at radius 1 is 0.966 bits per heavy atom. The summed E-state index contributed by atoms with van der Waals surface area (Å²) in [6, 6.07) is 11.7. The summed E-state index contributed by atoms with van der Waals surface area (Å²) >= 11 is 0. The first-order valence-electron chi connectivity index (χ1n) is 8.80. The summed E-state index contributed by atoms with van der Waals surface area (Å²) in [5.41, 5.74) is 0.108. The Morgan fingerprint density at radius 2 is 1.72 bits per heavy atom. The number of hydrogen-bond donors (Lipinski definition) is 0. The number of benzene rings is 1. The van der Waals surface area contributed by atoms with Crippen molar-refractivity contribution in [1.29, 1.82) is 0 Å². The fourth-order valence-electron chi connectivity index (χ4n) is 3.08. The maximum Gasteiger partial charge on any atom is 0.332 e. The number of carbonyl (C=O) groups is 1. The molecule has 0 aliphatic carbocycles. The molecule has 8 heteroatoms. The van der Waals surface area contributed by atoms with Crippen molar-refractivity contribution in [2.45, 2.75) is 13.1 Å². The third-order valence-corrected chi connectivity index (χ3v) is 4.52. The maximum atomic E-state index is 13.1. The van der Waals surface area contributed by atoms with Crippen molar-refractivity contribution in [2.75, 3.05) is 0 Å². The summed E-state index contributed by atoms with van der Waals surface area (Å²) in [4.78, 5) is 46.7. The number of fused-ring (bicyclic) bond motifs is 1. The second kappa shape index (κ2) is 7.59. The van der Waals surface area contributed by atoms with Crippen LogP contribution in [0.1, 0.15) is 15.9 Å². The number of ketones is 1. The molecule has 0 saturated heterocycles. The second-order valence-corrected chi connectivity index (χ2v) is 6.42. The van der Waals surface area contributed by atoms with E-state index in [1.165, 1.54) is 35.0 Å². The Balaban J connectivity index is 1.84. The summed E-state index contributed by atoms with van der Waals surface area (Å²) in [7, 11) is 0. The van der Waals surface area contributed by atoms with E-state index in [0.717, 1.165) is 4.57 Å². The molecular formula is C21H15FN4O3. The number of pyridine rings is 2. The quantitative estimate of drug-likeness (QED) is 0.487. The molecule has 0 unspecified atom stereocenters. The van der Waals surface area contributed by atoms with E-state index in [0.29, 0.717) is 5.56 Å². The van der Waals surface area contributed by atoms with Gasteiger partial charge in [0.1, 0.15) is 5.82 Å². The molecule has 0 saturated carbocycles. The molecule has 0 atom stereocenters. The van der Waals surface area contributed by atoms with Crippen molar-refractivity contribution >= 4 is 16.8 Å². The summed E-state index contributed by atoms with van der Waals surface area (Å²) < 4.78 is 15.4. The maximum absolute atomic E-state index is 13.1. The lowest BCUT2D eigenvalue weighted by molar-refractivity contribution is 0.0971. The minimum absolute atomic E-state index is 0.00274. The fraction of sp³-hybridized carbons (Fsp3) is 0.0952. The zero-order valence-corrected chi connectivity index (χ0v) is 15.2. The zero-order valence-electron chi connectivity index (χ0n) is 15.2. The molecule has 0 amide bonds. The molecule has 0 aliphatic heterocycles. The van der Waals surface area contributed by atoms with E-state index in [1.807, 2.05) is 0 Å². The summed E-state index contributed by atoms with van der Waals surface area (Å²) in [6.45, 7) is -0.303. The van der Waals surface area contributed by atoms with Crippen LogP contribution in [-0.4, -0.2) is 24.9 Å². The number of aromatic nitrogens is 4. The number of hydrogen-bond acceptors (Lipinski definition) is 5. The predicted molar refractivity (Wildman–Crippen MR) is 104 cm³/mol. The van der Waals surface area contributed by atoms with E-state index in [4.69, 9.17) is 0 Å². The number of carbonyl (C=O) groups excluding carboxylic acids is 1. The normalized spacial score (nSPS) is 10.9. The van der Waals surface area contributed by atoms with E-state index in [1.54, 1.807) is 36.7 Å². The molecule has 7 nitrogen and oxygen atoms in total. The van der Waals surface area contributed by atoms with Gasteiger partial charge in [-0.25, -0.2) is 14.2 Å². The predicted octanol–water partition coefficient (Wildman–Crippen LogP) is 2.02. The number of nitrogens with zero attached hydrogens (tertiary/aromatic N) is 4. The first kappa shape index (κ1) is 18.4. The summed E-state index contributed by atoms with van der Waals surface area (Å²) in [6.07, 6.45) is 4.60. The Morgan fingerprint density at radius 3 is 2.45 bits per heavy atom. The molecule has 0 N–H and O–H groups in total. The lowest BCUT2D eigenvalue weighted by Gasteiger charge is -2.13. The van der Waals surface area contributed by atoms with Crippen LogP contribution in [0.25, 0.3) is 11.0 Å². The van der Waals surface area contributed by atoms with Gasteiger partial charge in [-0.15, -0.1) is 0 Å². The van der Waals surface area contributed by atoms with E-state index < -0.39 is 17.1 Å². The molecule has 3 heterocycles. The van der Waals surface area contributed by atoms with Crippen LogP contribution in [-0.2, 0) is 13.1 Å². The first-order valence-corrected chi connectivity index (χ1v) is 8.80. The molecule has 0 spiro atoms. The summed E-state index contributed by atoms with van der Waals surface area (Å²) in [5, 5.41) is 0. The number of halogens is 1. The van der Waals surface area contributed by atoms with Crippen LogP contribution in [0, 0.1) is 5.82 Å².